The second-order valence-corrected chi connectivity index (χ2v) is 4.00. The van der Waals surface area contributed by atoms with Crippen LogP contribution >= 0.6 is 0 Å². The summed E-state index contributed by atoms with van der Waals surface area (Å²) < 4.78 is 10.5. The highest BCUT2D eigenvalue weighted by molar-refractivity contribution is 5.81. The fourth-order valence-electron chi connectivity index (χ4n) is 1.49. The molecule has 0 heterocycles. The zero-order chi connectivity index (χ0) is 13.9. The summed E-state index contributed by atoms with van der Waals surface area (Å²) >= 11 is 0. The molecule has 0 aliphatic rings. The van der Waals surface area contributed by atoms with Gasteiger partial charge in [0, 0.05) is 6.08 Å². The van der Waals surface area contributed by atoms with Crippen LogP contribution in [0.25, 0.3) is 6.08 Å². The molecule has 3 nitrogen and oxygen atoms in total. The average Bonchev–Trinajstić information content (AvgIpc) is 2.44. The Balaban J connectivity index is 2.15. The average molecular weight is 260 g/mol. The summed E-state index contributed by atoms with van der Waals surface area (Å²) in [5.74, 6) is 0.483. The Labute approximate surface area is 114 Å². The maximum Gasteiger partial charge on any atom is 0.330 e. The number of benzene rings is 1. The van der Waals surface area contributed by atoms with Gasteiger partial charge in [0.15, 0.2) is 0 Å². The lowest BCUT2D eigenvalue weighted by atomic mass is 10.2. The van der Waals surface area contributed by atoms with E-state index < -0.39 is 0 Å². The van der Waals surface area contributed by atoms with Crippen LogP contribution in [0, 0.1) is 0 Å². The second-order valence-electron chi connectivity index (χ2n) is 4.00. The summed E-state index contributed by atoms with van der Waals surface area (Å²) in [5, 5.41) is 0. The molecule has 0 saturated heterocycles. The van der Waals surface area contributed by atoms with Gasteiger partial charge in [0.25, 0.3) is 0 Å². The van der Waals surface area contributed by atoms with Crippen LogP contribution < -0.4 is 4.74 Å². The van der Waals surface area contributed by atoms with Gasteiger partial charge in [-0.1, -0.05) is 30.9 Å². The van der Waals surface area contributed by atoms with Crippen molar-refractivity contribution >= 4 is 12.0 Å². The van der Waals surface area contributed by atoms with Crippen LogP contribution in [0.2, 0.25) is 0 Å². The molecule has 0 saturated carbocycles. The lowest BCUT2D eigenvalue weighted by molar-refractivity contribution is -0.137. The molecule has 3 heteroatoms. The normalized spacial score (nSPS) is 10.4. The molecule has 0 bridgehead atoms. The van der Waals surface area contributed by atoms with Crippen molar-refractivity contribution in [2.75, 3.05) is 13.2 Å². The summed E-state index contributed by atoms with van der Waals surface area (Å²) in [6.45, 7) is 6.35. The number of allylic oxidation sites excluding steroid dienone is 1. The Morgan fingerprint density at radius 3 is 2.53 bits per heavy atom. The van der Waals surface area contributed by atoms with Gasteiger partial charge in [0.05, 0.1) is 13.2 Å². The lowest BCUT2D eigenvalue weighted by Gasteiger charge is -2.06. The van der Waals surface area contributed by atoms with Gasteiger partial charge >= 0.3 is 5.97 Å². The highest BCUT2D eigenvalue weighted by atomic mass is 16.5. The maximum absolute atomic E-state index is 10.8. The van der Waals surface area contributed by atoms with Gasteiger partial charge in [-0.05, 0) is 37.5 Å². The van der Waals surface area contributed by atoms with E-state index in [0.29, 0.717) is 13.2 Å². The SMILES string of the molecule is C=CC(=O)OCCCCOc1ccc(/C=C/C)cc1. The van der Waals surface area contributed by atoms with E-state index in [1.165, 1.54) is 6.08 Å². The molecular weight excluding hydrogens is 240 g/mol. The quantitative estimate of drug-likeness (QED) is 0.407. The van der Waals surface area contributed by atoms with Crippen LogP contribution in [-0.4, -0.2) is 19.2 Å². The van der Waals surface area contributed by atoms with Gasteiger partial charge in [0.2, 0.25) is 0 Å². The molecule has 19 heavy (non-hydrogen) atoms. The van der Waals surface area contributed by atoms with Crippen molar-refractivity contribution in [3.8, 4) is 5.75 Å². The Kier molecular flexibility index (Phi) is 7.10. The molecule has 0 fully saturated rings. The Hall–Kier alpha value is -2.03. The molecule has 0 amide bonds. The Morgan fingerprint density at radius 2 is 1.89 bits per heavy atom. The number of carbonyl (C=O) groups excluding carboxylic acids is 1. The van der Waals surface area contributed by atoms with Crippen LogP contribution in [0.5, 0.6) is 5.75 Å². The van der Waals surface area contributed by atoms with Gasteiger partial charge in [-0.25, -0.2) is 4.79 Å². The molecule has 1 rings (SSSR count). The fraction of sp³-hybridized carbons (Fsp3) is 0.312. The first-order valence-corrected chi connectivity index (χ1v) is 6.41. The first-order valence-electron chi connectivity index (χ1n) is 6.41. The van der Waals surface area contributed by atoms with E-state index in [1.54, 1.807) is 0 Å². The summed E-state index contributed by atoms with van der Waals surface area (Å²) in [6.07, 6.45) is 6.85. The molecular formula is C16H20O3. The highest BCUT2D eigenvalue weighted by Gasteiger charge is 1.96. The minimum Gasteiger partial charge on any atom is -0.494 e. The molecule has 0 aromatic heterocycles. The van der Waals surface area contributed by atoms with E-state index in [1.807, 2.05) is 43.3 Å². The minimum absolute atomic E-state index is 0.375. The first-order chi connectivity index (χ1) is 9.26. The maximum atomic E-state index is 10.8. The van der Waals surface area contributed by atoms with Crippen LogP contribution in [0.4, 0.5) is 0 Å². The second kappa shape index (κ2) is 8.97. The van der Waals surface area contributed by atoms with Crippen LogP contribution in [0.1, 0.15) is 25.3 Å². The summed E-state index contributed by atoms with van der Waals surface area (Å²) in [6, 6.07) is 7.93. The molecule has 102 valence electrons. The third-order valence-corrected chi connectivity index (χ3v) is 2.46. The molecule has 0 N–H and O–H groups in total. The van der Waals surface area contributed by atoms with Gasteiger partial charge in [-0.15, -0.1) is 0 Å². The van der Waals surface area contributed by atoms with E-state index in [0.717, 1.165) is 24.2 Å². The van der Waals surface area contributed by atoms with E-state index in [2.05, 4.69) is 6.58 Å². The number of unbranched alkanes of at least 4 members (excludes halogenated alkanes) is 1. The predicted octanol–water partition coefficient (Wildman–Crippen LogP) is 3.61. The van der Waals surface area contributed by atoms with E-state index in [9.17, 15) is 4.79 Å². The Morgan fingerprint density at radius 1 is 1.21 bits per heavy atom. The summed E-state index contributed by atoms with van der Waals surface area (Å²) in [7, 11) is 0. The zero-order valence-corrected chi connectivity index (χ0v) is 11.3. The van der Waals surface area contributed by atoms with Crippen LogP contribution in [0.3, 0.4) is 0 Å². The number of ether oxygens (including phenoxy) is 2. The molecule has 0 spiro atoms. The number of rotatable bonds is 8. The standard InChI is InChI=1S/C16H20O3/c1-3-7-14-8-10-15(11-9-14)18-12-5-6-13-19-16(17)4-2/h3-4,7-11H,2,5-6,12-13H2,1H3/b7-3+. The molecule has 1 aromatic carbocycles. The lowest BCUT2D eigenvalue weighted by Crippen LogP contribution is -2.04. The number of esters is 1. The summed E-state index contributed by atoms with van der Waals surface area (Å²) in [5.41, 5.74) is 1.16. The zero-order valence-electron chi connectivity index (χ0n) is 11.3. The molecule has 0 radical (unpaired) electrons. The van der Waals surface area contributed by atoms with E-state index >= 15 is 0 Å². The Bertz CT molecular complexity index is 418. The van der Waals surface area contributed by atoms with Crippen molar-refractivity contribution in [3.63, 3.8) is 0 Å². The molecule has 0 unspecified atom stereocenters. The number of hydrogen-bond donors (Lipinski definition) is 0. The number of hydrogen-bond acceptors (Lipinski definition) is 3. The molecule has 0 atom stereocenters. The van der Waals surface area contributed by atoms with Gasteiger partial charge in [-0.3, -0.25) is 0 Å². The van der Waals surface area contributed by atoms with E-state index in [-0.39, 0.29) is 5.97 Å². The van der Waals surface area contributed by atoms with Gasteiger partial charge in [-0.2, -0.15) is 0 Å². The van der Waals surface area contributed by atoms with Crippen LogP contribution in [-0.2, 0) is 9.53 Å². The molecule has 0 aliphatic carbocycles. The van der Waals surface area contributed by atoms with Crippen molar-refractivity contribution in [3.05, 3.63) is 48.6 Å². The van der Waals surface area contributed by atoms with E-state index in [4.69, 9.17) is 9.47 Å². The number of carbonyl (C=O) groups is 1. The van der Waals surface area contributed by atoms with Crippen molar-refractivity contribution < 1.29 is 14.3 Å². The smallest absolute Gasteiger partial charge is 0.330 e. The molecule has 0 aliphatic heterocycles. The minimum atomic E-state index is -0.375. The molecule has 1 aromatic rings. The first kappa shape index (κ1) is 15.0. The van der Waals surface area contributed by atoms with Crippen molar-refractivity contribution in [2.45, 2.75) is 19.8 Å². The fourth-order valence-corrected chi connectivity index (χ4v) is 1.49. The topological polar surface area (TPSA) is 35.5 Å². The summed E-state index contributed by atoms with van der Waals surface area (Å²) in [4.78, 5) is 10.8. The van der Waals surface area contributed by atoms with Gasteiger partial charge < -0.3 is 9.47 Å². The van der Waals surface area contributed by atoms with Crippen LogP contribution in [0.15, 0.2) is 43.0 Å². The van der Waals surface area contributed by atoms with Crippen molar-refractivity contribution in [2.24, 2.45) is 0 Å². The van der Waals surface area contributed by atoms with Crippen molar-refractivity contribution in [1.29, 1.82) is 0 Å². The third kappa shape index (κ3) is 6.46. The predicted molar refractivity (Wildman–Crippen MR) is 77.0 cm³/mol. The largest absolute Gasteiger partial charge is 0.494 e. The monoisotopic (exact) mass is 260 g/mol. The third-order valence-electron chi connectivity index (χ3n) is 2.46. The van der Waals surface area contributed by atoms with Crippen molar-refractivity contribution in [1.82, 2.24) is 0 Å². The van der Waals surface area contributed by atoms with Gasteiger partial charge in [0.1, 0.15) is 5.75 Å². The highest BCUT2D eigenvalue weighted by Crippen LogP contribution is 2.13.